The standard InChI is InChI=1S/C11H20N4O/c1-8(2)15-11-13-6-10(7-14-11)5-12-4-9(3)16/h6-9,12,16H,4-5H2,1-3H3,(H,13,14,15). The van der Waals surface area contributed by atoms with E-state index in [1.165, 1.54) is 0 Å². The lowest BCUT2D eigenvalue weighted by atomic mass is 10.3. The molecule has 0 saturated carbocycles. The highest BCUT2D eigenvalue weighted by Crippen LogP contribution is 2.01. The number of aromatic nitrogens is 2. The Bertz CT molecular complexity index is 297. The Balaban J connectivity index is 2.39. The molecule has 1 aromatic rings. The van der Waals surface area contributed by atoms with Gasteiger partial charge in [-0.25, -0.2) is 9.97 Å². The molecule has 0 aliphatic carbocycles. The Morgan fingerprint density at radius 1 is 1.25 bits per heavy atom. The third-order valence-corrected chi connectivity index (χ3v) is 1.89. The summed E-state index contributed by atoms with van der Waals surface area (Å²) in [4.78, 5) is 8.38. The van der Waals surface area contributed by atoms with Crippen molar-refractivity contribution in [2.75, 3.05) is 11.9 Å². The molecule has 0 spiro atoms. The van der Waals surface area contributed by atoms with Crippen molar-refractivity contribution in [3.63, 3.8) is 0 Å². The Hall–Kier alpha value is -1.20. The first-order valence-electron chi connectivity index (χ1n) is 5.54. The summed E-state index contributed by atoms with van der Waals surface area (Å²) in [7, 11) is 0. The van der Waals surface area contributed by atoms with Gasteiger partial charge in [0.05, 0.1) is 6.10 Å². The molecule has 1 aromatic heterocycles. The molecule has 90 valence electrons. The maximum Gasteiger partial charge on any atom is 0.222 e. The average molecular weight is 224 g/mol. The highest BCUT2D eigenvalue weighted by molar-refractivity contribution is 5.25. The second kappa shape index (κ2) is 6.40. The van der Waals surface area contributed by atoms with Crippen LogP contribution in [0.2, 0.25) is 0 Å². The van der Waals surface area contributed by atoms with Gasteiger partial charge in [0.1, 0.15) is 0 Å². The fourth-order valence-electron chi connectivity index (χ4n) is 1.20. The summed E-state index contributed by atoms with van der Waals surface area (Å²) in [6.07, 6.45) is 3.24. The third-order valence-electron chi connectivity index (χ3n) is 1.89. The van der Waals surface area contributed by atoms with Crippen molar-refractivity contribution in [1.29, 1.82) is 0 Å². The molecule has 0 amide bonds. The average Bonchev–Trinajstić information content (AvgIpc) is 2.19. The van der Waals surface area contributed by atoms with Crippen LogP contribution in [-0.2, 0) is 6.54 Å². The van der Waals surface area contributed by atoms with Crippen LogP contribution in [0.4, 0.5) is 5.95 Å². The number of hydrogen-bond acceptors (Lipinski definition) is 5. The van der Waals surface area contributed by atoms with Crippen molar-refractivity contribution in [3.8, 4) is 0 Å². The lowest BCUT2D eigenvalue weighted by Gasteiger charge is -2.09. The van der Waals surface area contributed by atoms with E-state index in [1.807, 2.05) is 13.8 Å². The van der Waals surface area contributed by atoms with E-state index in [4.69, 9.17) is 5.11 Å². The van der Waals surface area contributed by atoms with Gasteiger partial charge in [0.15, 0.2) is 0 Å². The second-order valence-corrected chi connectivity index (χ2v) is 4.19. The van der Waals surface area contributed by atoms with Gasteiger partial charge >= 0.3 is 0 Å². The summed E-state index contributed by atoms with van der Waals surface area (Å²) >= 11 is 0. The molecular formula is C11H20N4O. The first-order chi connectivity index (χ1) is 7.58. The maximum absolute atomic E-state index is 9.07. The molecule has 0 bridgehead atoms. The largest absolute Gasteiger partial charge is 0.392 e. The summed E-state index contributed by atoms with van der Waals surface area (Å²) in [5.41, 5.74) is 1.01. The number of nitrogens with one attached hydrogen (secondary N) is 2. The van der Waals surface area contributed by atoms with E-state index in [9.17, 15) is 0 Å². The Labute approximate surface area is 96.3 Å². The van der Waals surface area contributed by atoms with Gasteiger partial charge in [-0.2, -0.15) is 0 Å². The summed E-state index contributed by atoms with van der Waals surface area (Å²) in [5, 5.41) is 15.3. The van der Waals surface area contributed by atoms with E-state index < -0.39 is 0 Å². The van der Waals surface area contributed by atoms with E-state index in [2.05, 4.69) is 20.6 Å². The van der Waals surface area contributed by atoms with Crippen LogP contribution in [0.15, 0.2) is 12.4 Å². The van der Waals surface area contributed by atoms with Crippen LogP contribution >= 0.6 is 0 Å². The highest BCUT2D eigenvalue weighted by atomic mass is 16.3. The third kappa shape index (κ3) is 5.04. The molecule has 1 rings (SSSR count). The van der Waals surface area contributed by atoms with Crippen LogP contribution in [0.25, 0.3) is 0 Å². The smallest absolute Gasteiger partial charge is 0.222 e. The molecule has 0 aliphatic heterocycles. The Morgan fingerprint density at radius 2 is 1.88 bits per heavy atom. The van der Waals surface area contributed by atoms with Gasteiger partial charge in [0.25, 0.3) is 0 Å². The summed E-state index contributed by atoms with van der Waals surface area (Å²) in [6, 6.07) is 0.333. The zero-order chi connectivity index (χ0) is 12.0. The van der Waals surface area contributed by atoms with E-state index in [0.29, 0.717) is 25.1 Å². The summed E-state index contributed by atoms with van der Waals surface area (Å²) in [6.45, 7) is 7.08. The van der Waals surface area contributed by atoms with Crippen LogP contribution in [0.5, 0.6) is 0 Å². The monoisotopic (exact) mass is 224 g/mol. The van der Waals surface area contributed by atoms with Gasteiger partial charge in [-0.15, -0.1) is 0 Å². The number of aliphatic hydroxyl groups is 1. The molecule has 5 nitrogen and oxygen atoms in total. The minimum Gasteiger partial charge on any atom is -0.392 e. The van der Waals surface area contributed by atoms with E-state index in [1.54, 1.807) is 19.3 Å². The molecule has 0 radical (unpaired) electrons. The second-order valence-electron chi connectivity index (χ2n) is 4.19. The summed E-state index contributed by atoms with van der Waals surface area (Å²) < 4.78 is 0. The van der Waals surface area contributed by atoms with Crippen molar-refractivity contribution in [3.05, 3.63) is 18.0 Å². The molecule has 16 heavy (non-hydrogen) atoms. The van der Waals surface area contributed by atoms with Crippen LogP contribution < -0.4 is 10.6 Å². The van der Waals surface area contributed by atoms with Crippen molar-refractivity contribution >= 4 is 5.95 Å². The Kier molecular flexibility index (Phi) is 5.14. The predicted molar refractivity (Wildman–Crippen MR) is 64.2 cm³/mol. The number of nitrogens with zero attached hydrogens (tertiary/aromatic N) is 2. The van der Waals surface area contributed by atoms with E-state index >= 15 is 0 Å². The van der Waals surface area contributed by atoms with Crippen LogP contribution in [0.3, 0.4) is 0 Å². The molecule has 3 N–H and O–H groups in total. The molecular weight excluding hydrogens is 204 g/mol. The molecule has 0 fully saturated rings. The molecule has 1 heterocycles. The van der Waals surface area contributed by atoms with Crippen molar-refractivity contribution < 1.29 is 5.11 Å². The molecule has 5 heteroatoms. The zero-order valence-corrected chi connectivity index (χ0v) is 10.1. The highest BCUT2D eigenvalue weighted by Gasteiger charge is 2.00. The molecule has 0 saturated heterocycles. The van der Waals surface area contributed by atoms with Crippen molar-refractivity contribution in [2.45, 2.75) is 39.5 Å². The minimum atomic E-state index is -0.331. The van der Waals surface area contributed by atoms with Gasteiger partial charge < -0.3 is 15.7 Å². The van der Waals surface area contributed by atoms with E-state index in [0.717, 1.165) is 5.56 Å². The first kappa shape index (κ1) is 12.9. The topological polar surface area (TPSA) is 70.1 Å². The number of aliphatic hydroxyl groups excluding tert-OH is 1. The van der Waals surface area contributed by atoms with Gasteiger partial charge in [0.2, 0.25) is 5.95 Å². The predicted octanol–water partition coefficient (Wildman–Crippen LogP) is 0.767. The SMILES string of the molecule is CC(O)CNCc1cnc(NC(C)C)nc1. The van der Waals surface area contributed by atoms with Gasteiger partial charge in [-0.1, -0.05) is 0 Å². The molecule has 0 aliphatic rings. The molecule has 1 unspecified atom stereocenters. The Morgan fingerprint density at radius 3 is 2.38 bits per heavy atom. The van der Waals surface area contributed by atoms with Crippen LogP contribution in [-0.4, -0.2) is 33.8 Å². The first-order valence-corrected chi connectivity index (χ1v) is 5.54. The molecule has 1 atom stereocenters. The fourth-order valence-corrected chi connectivity index (χ4v) is 1.20. The zero-order valence-electron chi connectivity index (χ0n) is 10.1. The van der Waals surface area contributed by atoms with Gasteiger partial charge in [-0.05, 0) is 20.8 Å². The van der Waals surface area contributed by atoms with Crippen molar-refractivity contribution in [1.82, 2.24) is 15.3 Å². The normalized spacial score (nSPS) is 12.8. The van der Waals surface area contributed by atoms with E-state index in [-0.39, 0.29) is 6.10 Å². The lowest BCUT2D eigenvalue weighted by Crippen LogP contribution is -2.24. The molecule has 0 aromatic carbocycles. The van der Waals surface area contributed by atoms with Crippen molar-refractivity contribution in [2.24, 2.45) is 0 Å². The minimum absolute atomic E-state index is 0.331. The van der Waals surface area contributed by atoms with Gasteiger partial charge in [-0.3, -0.25) is 0 Å². The van der Waals surface area contributed by atoms with Crippen LogP contribution in [0, 0.1) is 0 Å². The fraction of sp³-hybridized carbons (Fsp3) is 0.636. The maximum atomic E-state index is 9.07. The number of hydrogen-bond donors (Lipinski definition) is 3. The number of rotatable bonds is 6. The van der Waals surface area contributed by atoms with Crippen LogP contribution in [0.1, 0.15) is 26.3 Å². The quantitative estimate of drug-likeness (QED) is 0.666. The van der Waals surface area contributed by atoms with Gasteiger partial charge in [0, 0.05) is 37.1 Å². The number of anilines is 1. The lowest BCUT2D eigenvalue weighted by molar-refractivity contribution is 0.191. The summed E-state index contributed by atoms with van der Waals surface area (Å²) in [5.74, 6) is 0.647.